The minimum atomic E-state index is 0.799. The molecule has 2 aromatic carbocycles. The van der Waals surface area contributed by atoms with Crippen molar-refractivity contribution < 1.29 is 0 Å². The molecule has 0 spiro atoms. The lowest BCUT2D eigenvalue weighted by Gasteiger charge is -2.11. The molecule has 0 atom stereocenters. The van der Waals surface area contributed by atoms with E-state index in [0.717, 1.165) is 24.5 Å². The fraction of sp³-hybridized carbons (Fsp3) is 0.333. The van der Waals surface area contributed by atoms with Crippen molar-refractivity contribution in [1.82, 2.24) is 5.32 Å². The molecule has 0 aliphatic rings. The van der Waals surface area contributed by atoms with Crippen LogP contribution in [0.5, 0.6) is 0 Å². The van der Waals surface area contributed by atoms with Gasteiger partial charge in [-0.25, -0.2) is 0 Å². The number of halogens is 1. The van der Waals surface area contributed by atoms with Gasteiger partial charge in [-0.15, -0.1) is 0 Å². The van der Waals surface area contributed by atoms with Crippen molar-refractivity contribution in [2.75, 3.05) is 6.54 Å². The van der Waals surface area contributed by atoms with Gasteiger partial charge in [0.1, 0.15) is 0 Å². The van der Waals surface area contributed by atoms with Crippen LogP contribution in [0.3, 0.4) is 0 Å². The molecular formula is C18H22ClNS. The summed E-state index contributed by atoms with van der Waals surface area (Å²) in [5.74, 6) is 0. The first kappa shape index (κ1) is 16.4. The number of hydrogen-bond acceptors (Lipinski definition) is 2. The molecule has 0 fully saturated rings. The summed E-state index contributed by atoms with van der Waals surface area (Å²) in [6.07, 6.45) is 1.14. The van der Waals surface area contributed by atoms with Gasteiger partial charge in [0, 0.05) is 21.4 Å². The first-order valence-electron chi connectivity index (χ1n) is 7.34. The summed E-state index contributed by atoms with van der Waals surface area (Å²) < 4.78 is 0. The Balaban J connectivity index is 2.19. The van der Waals surface area contributed by atoms with Crippen LogP contribution < -0.4 is 5.32 Å². The summed E-state index contributed by atoms with van der Waals surface area (Å²) in [6, 6.07) is 12.8. The molecule has 2 aromatic rings. The zero-order chi connectivity index (χ0) is 15.2. The topological polar surface area (TPSA) is 12.0 Å². The van der Waals surface area contributed by atoms with Crippen LogP contribution in [0.2, 0.25) is 5.02 Å². The first-order valence-corrected chi connectivity index (χ1v) is 8.54. The van der Waals surface area contributed by atoms with Gasteiger partial charge in [-0.3, -0.25) is 0 Å². The molecule has 0 bridgehead atoms. The average Bonchev–Trinajstić information content (AvgIpc) is 2.46. The van der Waals surface area contributed by atoms with Crippen LogP contribution in [0.25, 0.3) is 0 Å². The minimum absolute atomic E-state index is 0.799. The van der Waals surface area contributed by atoms with Crippen molar-refractivity contribution in [3.05, 3.63) is 58.1 Å². The van der Waals surface area contributed by atoms with Crippen molar-refractivity contribution >= 4 is 23.4 Å². The lowest BCUT2D eigenvalue weighted by atomic mass is 10.1. The minimum Gasteiger partial charge on any atom is -0.313 e. The third kappa shape index (κ3) is 4.77. The van der Waals surface area contributed by atoms with E-state index in [0.29, 0.717) is 0 Å². The zero-order valence-electron chi connectivity index (χ0n) is 12.9. The second-order valence-electron chi connectivity index (χ2n) is 5.28. The highest BCUT2D eigenvalue weighted by Gasteiger charge is 2.06. The third-order valence-electron chi connectivity index (χ3n) is 3.47. The largest absolute Gasteiger partial charge is 0.313 e. The van der Waals surface area contributed by atoms with Gasteiger partial charge in [0.15, 0.2) is 0 Å². The molecule has 0 aliphatic heterocycles. The molecular weight excluding hydrogens is 298 g/mol. The second kappa shape index (κ2) is 7.88. The molecule has 3 heteroatoms. The van der Waals surface area contributed by atoms with Crippen molar-refractivity contribution in [2.24, 2.45) is 0 Å². The van der Waals surface area contributed by atoms with Gasteiger partial charge < -0.3 is 5.32 Å². The second-order valence-corrected chi connectivity index (χ2v) is 6.83. The highest BCUT2D eigenvalue weighted by molar-refractivity contribution is 7.99. The Hall–Kier alpha value is -0.960. The molecule has 0 aromatic heterocycles. The fourth-order valence-corrected chi connectivity index (χ4v) is 3.31. The number of hydrogen-bond donors (Lipinski definition) is 1. The van der Waals surface area contributed by atoms with E-state index < -0.39 is 0 Å². The SMILES string of the molecule is CCCNCc1cc(Cl)ccc1Sc1ccc(C)c(C)c1. The predicted molar refractivity (Wildman–Crippen MR) is 93.5 cm³/mol. The Labute approximate surface area is 137 Å². The van der Waals surface area contributed by atoms with E-state index in [-0.39, 0.29) is 0 Å². The Kier molecular flexibility index (Phi) is 6.16. The summed E-state index contributed by atoms with van der Waals surface area (Å²) in [6.45, 7) is 8.37. The van der Waals surface area contributed by atoms with Crippen molar-refractivity contribution in [1.29, 1.82) is 0 Å². The molecule has 0 unspecified atom stereocenters. The maximum absolute atomic E-state index is 6.14. The van der Waals surface area contributed by atoms with Gasteiger partial charge in [-0.2, -0.15) is 0 Å². The van der Waals surface area contributed by atoms with Gasteiger partial charge >= 0.3 is 0 Å². The van der Waals surface area contributed by atoms with Gasteiger partial charge in [0.25, 0.3) is 0 Å². The van der Waals surface area contributed by atoms with E-state index in [4.69, 9.17) is 11.6 Å². The summed E-state index contributed by atoms with van der Waals surface area (Å²) in [5, 5.41) is 4.25. The summed E-state index contributed by atoms with van der Waals surface area (Å²) >= 11 is 7.95. The maximum Gasteiger partial charge on any atom is 0.0410 e. The zero-order valence-corrected chi connectivity index (χ0v) is 14.4. The van der Waals surface area contributed by atoms with Crippen LogP contribution in [0.15, 0.2) is 46.2 Å². The molecule has 0 saturated carbocycles. The number of rotatable bonds is 6. The average molecular weight is 320 g/mol. The van der Waals surface area contributed by atoms with E-state index in [1.165, 1.54) is 26.5 Å². The van der Waals surface area contributed by atoms with Crippen molar-refractivity contribution in [2.45, 2.75) is 43.5 Å². The third-order valence-corrected chi connectivity index (χ3v) is 4.81. The molecule has 0 aliphatic carbocycles. The monoisotopic (exact) mass is 319 g/mol. The van der Waals surface area contributed by atoms with Crippen LogP contribution in [0.4, 0.5) is 0 Å². The first-order chi connectivity index (χ1) is 10.1. The Morgan fingerprint density at radius 3 is 2.57 bits per heavy atom. The fourth-order valence-electron chi connectivity index (χ4n) is 2.09. The lowest BCUT2D eigenvalue weighted by Crippen LogP contribution is -2.14. The summed E-state index contributed by atoms with van der Waals surface area (Å²) in [7, 11) is 0. The van der Waals surface area contributed by atoms with E-state index >= 15 is 0 Å². The molecule has 0 radical (unpaired) electrons. The van der Waals surface area contributed by atoms with Crippen LogP contribution in [0, 0.1) is 13.8 Å². The maximum atomic E-state index is 6.14. The van der Waals surface area contributed by atoms with Crippen LogP contribution >= 0.6 is 23.4 Å². The van der Waals surface area contributed by atoms with Crippen molar-refractivity contribution in [3.63, 3.8) is 0 Å². The molecule has 112 valence electrons. The standard InChI is InChI=1S/C18H22ClNS/c1-4-9-20-12-15-11-16(19)6-8-18(15)21-17-7-5-13(2)14(3)10-17/h5-8,10-11,20H,4,9,12H2,1-3H3. The number of benzene rings is 2. The molecule has 0 amide bonds. The molecule has 0 heterocycles. The van der Waals surface area contributed by atoms with Crippen LogP contribution in [-0.2, 0) is 6.54 Å². The van der Waals surface area contributed by atoms with Crippen LogP contribution in [-0.4, -0.2) is 6.54 Å². The summed E-state index contributed by atoms with van der Waals surface area (Å²) in [5.41, 5.74) is 3.93. The lowest BCUT2D eigenvalue weighted by molar-refractivity contribution is 0.669. The van der Waals surface area contributed by atoms with Gasteiger partial charge in [0.05, 0.1) is 0 Å². The highest BCUT2D eigenvalue weighted by atomic mass is 35.5. The van der Waals surface area contributed by atoms with Gasteiger partial charge in [0.2, 0.25) is 0 Å². The summed E-state index contributed by atoms with van der Waals surface area (Å²) in [4.78, 5) is 2.54. The van der Waals surface area contributed by atoms with Gasteiger partial charge in [-0.1, -0.05) is 36.4 Å². The quantitative estimate of drug-likeness (QED) is 0.695. The Morgan fingerprint density at radius 2 is 1.86 bits per heavy atom. The molecule has 0 saturated heterocycles. The predicted octanol–water partition coefficient (Wildman–Crippen LogP) is 5.61. The van der Waals surface area contributed by atoms with Crippen LogP contribution in [0.1, 0.15) is 30.0 Å². The van der Waals surface area contributed by atoms with Crippen molar-refractivity contribution in [3.8, 4) is 0 Å². The van der Waals surface area contributed by atoms with Gasteiger partial charge in [-0.05, 0) is 73.8 Å². The highest BCUT2D eigenvalue weighted by Crippen LogP contribution is 2.33. The molecule has 1 nitrogen and oxygen atoms in total. The molecule has 2 rings (SSSR count). The molecule has 21 heavy (non-hydrogen) atoms. The van der Waals surface area contributed by atoms with E-state index in [1.807, 2.05) is 6.07 Å². The number of nitrogens with one attached hydrogen (secondary N) is 1. The van der Waals surface area contributed by atoms with E-state index in [1.54, 1.807) is 11.8 Å². The Morgan fingerprint density at radius 1 is 1.05 bits per heavy atom. The molecule has 1 N–H and O–H groups in total. The number of aryl methyl sites for hydroxylation is 2. The smallest absolute Gasteiger partial charge is 0.0410 e. The van der Waals surface area contributed by atoms with E-state index in [9.17, 15) is 0 Å². The van der Waals surface area contributed by atoms with E-state index in [2.05, 4.69) is 56.4 Å². The Bertz CT molecular complexity index is 610. The normalized spacial score (nSPS) is 10.9.